The van der Waals surface area contributed by atoms with Gasteiger partial charge in [0.15, 0.2) is 8.32 Å². The van der Waals surface area contributed by atoms with Crippen molar-refractivity contribution in [2.24, 2.45) is 11.8 Å². The molecule has 1 saturated carbocycles. The molecule has 2 fully saturated rings. The van der Waals surface area contributed by atoms with Crippen molar-refractivity contribution in [3.8, 4) is 0 Å². The first kappa shape index (κ1) is 20.7. The number of alkyl carbamates (subject to hydrolysis) is 1. The molecule has 2 N–H and O–H groups in total. The zero-order chi connectivity index (χ0) is 19.0. The molecule has 0 bridgehead atoms. The van der Waals surface area contributed by atoms with Gasteiger partial charge in [-0.1, -0.05) is 20.8 Å². The van der Waals surface area contributed by atoms with Crippen LogP contribution in [0, 0.1) is 11.8 Å². The molecule has 25 heavy (non-hydrogen) atoms. The number of carbonyl (C=O) groups excluding carboxylic acids is 1. The Balaban J connectivity index is 2.13. The Hall–Kier alpha value is -0.593. The van der Waals surface area contributed by atoms with Crippen LogP contribution in [0.25, 0.3) is 0 Å². The molecule has 1 saturated heterocycles. The maximum Gasteiger partial charge on any atom is 0.408 e. The van der Waals surface area contributed by atoms with Crippen LogP contribution >= 0.6 is 0 Å². The van der Waals surface area contributed by atoms with Crippen LogP contribution in [-0.4, -0.2) is 45.2 Å². The lowest BCUT2D eigenvalue weighted by Gasteiger charge is -2.46. The highest BCUT2D eigenvalue weighted by Gasteiger charge is 2.48. The van der Waals surface area contributed by atoms with E-state index >= 15 is 0 Å². The van der Waals surface area contributed by atoms with Gasteiger partial charge in [-0.05, 0) is 57.7 Å². The summed E-state index contributed by atoms with van der Waals surface area (Å²) in [5.74, 6) is 1.20. The molecule has 5 nitrogen and oxygen atoms in total. The second-order valence-corrected chi connectivity index (χ2v) is 15.0. The van der Waals surface area contributed by atoms with E-state index in [0.717, 1.165) is 19.0 Å². The quantitative estimate of drug-likeness (QED) is 0.737. The summed E-state index contributed by atoms with van der Waals surface area (Å²) in [6.45, 7) is 18.8. The van der Waals surface area contributed by atoms with Crippen molar-refractivity contribution >= 4 is 14.4 Å². The fourth-order valence-electron chi connectivity index (χ4n) is 3.17. The van der Waals surface area contributed by atoms with Gasteiger partial charge in [-0.2, -0.15) is 0 Å². The number of hydrogen-bond acceptors (Lipinski definition) is 4. The smallest absolute Gasteiger partial charge is 0.408 e. The fourth-order valence-corrected chi connectivity index (χ4v) is 4.55. The van der Waals surface area contributed by atoms with E-state index in [0.29, 0.717) is 5.92 Å². The zero-order valence-electron chi connectivity index (χ0n) is 17.4. The third-order valence-corrected chi connectivity index (χ3v) is 10.2. The first-order valence-corrected chi connectivity index (χ1v) is 12.6. The minimum Gasteiger partial charge on any atom is -0.444 e. The molecule has 2 rings (SSSR count). The first-order valence-electron chi connectivity index (χ1n) is 9.68. The Kier molecular flexibility index (Phi) is 5.96. The normalized spacial score (nSPS) is 28.6. The summed E-state index contributed by atoms with van der Waals surface area (Å²) in [6, 6.07) is -0.0386. The summed E-state index contributed by atoms with van der Waals surface area (Å²) < 4.78 is 12.3. The third-order valence-electron chi connectivity index (χ3n) is 5.73. The van der Waals surface area contributed by atoms with Gasteiger partial charge >= 0.3 is 6.09 Å². The minimum absolute atomic E-state index is 0.0386. The second-order valence-electron chi connectivity index (χ2n) is 10.3. The predicted molar refractivity (Wildman–Crippen MR) is 104 cm³/mol. The standard InChI is InChI=1S/C19H38N2O3Si/c1-18(2,3)23-17(22)21-15-12-20-11-14(13-9-10-13)16(15)24-25(7,8)19(4,5)6/h13-16,20H,9-12H2,1-8H3,(H,21,22)/t14-,15-,16-/m1/s1. The molecule has 1 aliphatic carbocycles. The lowest BCUT2D eigenvalue weighted by Crippen LogP contribution is -2.62. The highest BCUT2D eigenvalue weighted by atomic mass is 28.4. The molecule has 6 heteroatoms. The number of amides is 1. The molecular weight excluding hydrogens is 332 g/mol. The lowest BCUT2D eigenvalue weighted by atomic mass is 9.88. The van der Waals surface area contributed by atoms with Crippen LogP contribution in [0.1, 0.15) is 54.4 Å². The summed E-state index contributed by atoms with van der Waals surface area (Å²) in [5, 5.41) is 6.74. The molecule has 1 amide bonds. The van der Waals surface area contributed by atoms with Crippen LogP contribution in [0.4, 0.5) is 4.79 Å². The average molecular weight is 371 g/mol. The molecule has 3 atom stereocenters. The molecule has 146 valence electrons. The Morgan fingerprint density at radius 1 is 1.08 bits per heavy atom. The van der Waals surface area contributed by atoms with Gasteiger partial charge < -0.3 is 19.8 Å². The molecule has 0 aromatic heterocycles. The van der Waals surface area contributed by atoms with Gasteiger partial charge in [0, 0.05) is 19.0 Å². The van der Waals surface area contributed by atoms with Crippen LogP contribution in [0.2, 0.25) is 18.1 Å². The lowest BCUT2D eigenvalue weighted by molar-refractivity contribution is 0.0233. The molecule has 0 unspecified atom stereocenters. The molecule has 0 aromatic rings. The van der Waals surface area contributed by atoms with E-state index in [9.17, 15) is 4.79 Å². The zero-order valence-corrected chi connectivity index (χ0v) is 18.4. The van der Waals surface area contributed by atoms with E-state index in [1.807, 2.05) is 20.8 Å². The predicted octanol–water partition coefficient (Wildman–Crippen LogP) is 3.90. The third kappa shape index (κ3) is 5.69. The maximum absolute atomic E-state index is 12.3. The van der Waals surface area contributed by atoms with E-state index in [1.165, 1.54) is 12.8 Å². The van der Waals surface area contributed by atoms with Crippen molar-refractivity contribution < 1.29 is 14.0 Å². The Bertz CT molecular complexity index is 478. The van der Waals surface area contributed by atoms with Crippen molar-refractivity contribution in [1.29, 1.82) is 0 Å². The fraction of sp³-hybridized carbons (Fsp3) is 0.947. The second kappa shape index (κ2) is 7.20. The molecule has 0 aromatic carbocycles. The summed E-state index contributed by atoms with van der Waals surface area (Å²) in [4.78, 5) is 12.3. The molecule has 0 spiro atoms. The topological polar surface area (TPSA) is 59.6 Å². The van der Waals surface area contributed by atoms with Gasteiger partial charge in [0.1, 0.15) is 5.60 Å². The average Bonchev–Trinajstić information content (AvgIpc) is 3.21. The van der Waals surface area contributed by atoms with E-state index in [2.05, 4.69) is 44.5 Å². The molecule has 2 aliphatic rings. The monoisotopic (exact) mass is 370 g/mol. The van der Waals surface area contributed by atoms with Crippen molar-refractivity contribution in [2.45, 2.75) is 90.3 Å². The van der Waals surface area contributed by atoms with Crippen LogP contribution in [-0.2, 0) is 9.16 Å². The largest absolute Gasteiger partial charge is 0.444 e. The number of piperidine rings is 1. The SMILES string of the molecule is CC(C)(C)OC(=O)N[C@@H]1CNC[C@H](C2CC2)[C@H]1O[Si](C)(C)C(C)(C)C. The Labute approximate surface area is 154 Å². The number of nitrogens with one attached hydrogen (secondary N) is 2. The number of hydrogen-bond donors (Lipinski definition) is 2. The van der Waals surface area contributed by atoms with E-state index in [4.69, 9.17) is 9.16 Å². The van der Waals surface area contributed by atoms with Gasteiger partial charge in [-0.3, -0.25) is 0 Å². The number of rotatable bonds is 4. The Morgan fingerprint density at radius 2 is 1.68 bits per heavy atom. The number of carbonyl (C=O) groups is 1. The van der Waals surface area contributed by atoms with Gasteiger partial charge in [-0.15, -0.1) is 0 Å². The van der Waals surface area contributed by atoms with Gasteiger partial charge in [0.25, 0.3) is 0 Å². The summed E-state index contributed by atoms with van der Waals surface area (Å²) in [7, 11) is -1.91. The van der Waals surface area contributed by atoms with Gasteiger partial charge in [-0.25, -0.2) is 4.79 Å². The minimum atomic E-state index is -1.91. The molecule has 1 aliphatic heterocycles. The Morgan fingerprint density at radius 3 is 2.16 bits per heavy atom. The molecular formula is C19H38N2O3Si. The van der Waals surface area contributed by atoms with Crippen LogP contribution in [0.5, 0.6) is 0 Å². The van der Waals surface area contributed by atoms with Crippen molar-refractivity contribution in [3.05, 3.63) is 0 Å². The summed E-state index contributed by atoms with van der Waals surface area (Å²) >= 11 is 0. The van der Waals surface area contributed by atoms with Crippen LogP contribution in [0.15, 0.2) is 0 Å². The van der Waals surface area contributed by atoms with Crippen molar-refractivity contribution in [3.63, 3.8) is 0 Å². The number of ether oxygens (including phenoxy) is 1. The van der Waals surface area contributed by atoms with Crippen molar-refractivity contribution in [2.75, 3.05) is 13.1 Å². The first-order chi connectivity index (χ1) is 11.3. The van der Waals surface area contributed by atoms with E-state index in [-0.39, 0.29) is 23.3 Å². The molecule has 1 heterocycles. The van der Waals surface area contributed by atoms with Crippen LogP contribution < -0.4 is 10.6 Å². The van der Waals surface area contributed by atoms with Gasteiger partial charge in [0.2, 0.25) is 0 Å². The summed E-state index contributed by atoms with van der Waals surface area (Å²) in [6.07, 6.45) is 2.29. The van der Waals surface area contributed by atoms with Crippen molar-refractivity contribution in [1.82, 2.24) is 10.6 Å². The summed E-state index contributed by atoms with van der Waals surface area (Å²) in [5.41, 5.74) is -0.488. The highest BCUT2D eigenvalue weighted by Crippen LogP contribution is 2.44. The van der Waals surface area contributed by atoms with E-state index in [1.54, 1.807) is 0 Å². The van der Waals surface area contributed by atoms with Crippen LogP contribution in [0.3, 0.4) is 0 Å². The van der Waals surface area contributed by atoms with Gasteiger partial charge in [0.05, 0.1) is 12.1 Å². The van der Waals surface area contributed by atoms with E-state index < -0.39 is 13.9 Å². The molecule has 0 radical (unpaired) electrons. The maximum atomic E-state index is 12.3. The highest BCUT2D eigenvalue weighted by molar-refractivity contribution is 6.74.